The normalized spacial score (nSPS) is 12.8. The maximum Gasteiger partial charge on any atom is 0.0476 e. The molecule has 8 aromatic carbocycles. The van der Waals surface area contributed by atoms with Gasteiger partial charge >= 0.3 is 0 Å². The van der Waals surface area contributed by atoms with E-state index >= 15 is 0 Å². The predicted octanol–water partition coefficient (Wildman–Crippen LogP) is 19.8. The molecule has 10 aromatic rings. The Labute approximate surface area is 406 Å². The highest BCUT2D eigenvalue weighted by Crippen LogP contribution is 2.47. The number of hydrogen-bond donors (Lipinski definition) is 0. The number of thiophene rings is 2. The summed E-state index contributed by atoms with van der Waals surface area (Å²) in [6.07, 6.45) is 3.27. The molecule has 0 radical (unpaired) electrons. The number of fused-ring (bicyclic) bond motifs is 7. The van der Waals surface area contributed by atoms with Crippen molar-refractivity contribution in [1.82, 2.24) is 0 Å². The lowest BCUT2D eigenvalue weighted by Gasteiger charge is -2.27. The van der Waals surface area contributed by atoms with Crippen LogP contribution in [0.2, 0.25) is 0 Å². The molecule has 3 heteroatoms. The van der Waals surface area contributed by atoms with Crippen LogP contribution < -0.4 is 4.90 Å². The van der Waals surface area contributed by atoms with Gasteiger partial charge in [-0.3, -0.25) is 0 Å². The number of nitrogens with zero attached hydrogens (tertiary/aromatic N) is 1. The van der Waals surface area contributed by atoms with Gasteiger partial charge in [0.15, 0.2) is 0 Å². The molecule has 0 spiro atoms. The number of rotatable bonds is 8. The predicted molar refractivity (Wildman–Crippen MR) is 299 cm³/mol. The Kier molecular flexibility index (Phi) is 11.3. The third kappa shape index (κ3) is 8.74. The van der Waals surface area contributed by atoms with E-state index in [0.717, 1.165) is 6.42 Å². The monoisotopic (exact) mass is 909 g/mol. The summed E-state index contributed by atoms with van der Waals surface area (Å²) in [5.74, 6) is 0.372. The molecular weight excluding hydrogens is 847 g/mol. The van der Waals surface area contributed by atoms with Crippen molar-refractivity contribution in [3.05, 3.63) is 195 Å². The van der Waals surface area contributed by atoms with Crippen molar-refractivity contribution in [2.45, 2.75) is 106 Å². The first-order chi connectivity index (χ1) is 31.9. The highest BCUT2D eigenvalue weighted by Gasteiger charge is 2.21. The molecule has 0 aliphatic rings. The SMILES string of the molecule is Cc1cc(C)cc(/C(=C\c2ccc(C(C)(C)C)cc2)Cc2ccc3c(c2)sc2c(C(C)C)c4cc5sc6cc(N(c7ccc(C(C)(C)C)cc7)c7cc(C)cc(C)c7)ccc6c5cc4cc23)c1. The smallest absolute Gasteiger partial charge is 0.0476 e. The lowest BCUT2D eigenvalue weighted by Crippen LogP contribution is -2.13. The summed E-state index contributed by atoms with van der Waals surface area (Å²) in [7, 11) is 0. The molecule has 10 rings (SSSR count). The minimum absolute atomic E-state index is 0.0914. The molecule has 2 heterocycles. The Balaban J connectivity index is 1.06. The summed E-state index contributed by atoms with van der Waals surface area (Å²) < 4.78 is 5.43. The number of anilines is 3. The molecule has 0 bridgehead atoms. The quantitative estimate of drug-likeness (QED) is 0.137. The van der Waals surface area contributed by atoms with Crippen LogP contribution in [-0.4, -0.2) is 0 Å². The minimum Gasteiger partial charge on any atom is -0.310 e. The van der Waals surface area contributed by atoms with Crippen LogP contribution in [0.25, 0.3) is 62.8 Å². The number of hydrogen-bond acceptors (Lipinski definition) is 3. The standard InChI is InChI=1S/C64H63NS2/c1-38(2)61-55-37-60-56(53-24-22-51(36-59(53)66-60)65(52-29-41(5)26-42(6)30-52)50-20-18-49(19-21-50)64(10,11)12)34-47(55)35-57-54-23-15-44(33-58(54)67-62(57)61)32-46(45-27-39(3)25-40(4)28-45)31-43-13-16-48(17-14-43)63(7,8)9/h13-31,33-38H,32H2,1-12H3/b46-31-. The summed E-state index contributed by atoms with van der Waals surface area (Å²) in [6, 6.07) is 54.0. The second kappa shape index (κ2) is 17.0. The molecule has 1 nitrogen and oxygen atoms in total. The van der Waals surface area contributed by atoms with E-state index in [-0.39, 0.29) is 10.8 Å². The van der Waals surface area contributed by atoms with Gasteiger partial charge in [-0.05, 0) is 172 Å². The van der Waals surface area contributed by atoms with Crippen molar-refractivity contribution in [2.24, 2.45) is 0 Å². The number of aryl methyl sites for hydroxylation is 4. The van der Waals surface area contributed by atoms with Gasteiger partial charge in [0.2, 0.25) is 0 Å². The van der Waals surface area contributed by atoms with Crippen molar-refractivity contribution in [3.8, 4) is 0 Å². The van der Waals surface area contributed by atoms with Gasteiger partial charge < -0.3 is 4.90 Å². The molecule has 0 saturated carbocycles. The lowest BCUT2D eigenvalue weighted by molar-refractivity contribution is 0.590. The molecule has 2 aromatic heterocycles. The fourth-order valence-corrected chi connectivity index (χ4v) is 12.9. The number of allylic oxidation sites excluding steroid dienone is 1. The zero-order valence-corrected chi connectivity index (χ0v) is 43.0. The molecule has 0 amide bonds. The van der Waals surface area contributed by atoms with E-state index in [0.29, 0.717) is 5.92 Å². The number of benzene rings is 8. The second-order valence-electron chi connectivity index (χ2n) is 21.7. The minimum atomic E-state index is 0.0914. The van der Waals surface area contributed by atoms with Crippen LogP contribution in [0.1, 0.15) is 117 Å². The van der Waals surface area contributed by atoms with E-state index < -0.39 is 0 Å². The Morgan fingerprint density at radius 2 is 1.03 bits per heavy atom. The molecular formula is C64H63NS2. The van der Waals surface area contributed by atoms with Gasteiger partial charge in [0.05, 0.1) is 0 Å². The first kappa shape index (κ1) is 44.8. The van der Waals surface area contributed by atoms with Crippen molar-refractivity contribution < 1.29 is 0 Å². The summed E-state index contributed by atoms with van der Waals surface area (Å²) in [6.45, 7) is 27.3. The van der Waals surface area contributed by atoms with Gasteiger partial charge in [-0.2, -0.15) is 0 Å². The maximum atomic E-state index is 2.50. The topological polar surface area (TPSA) is 3.24 Å². The molecule has 0 saturated heterocycles. The van der Waals surface area contributed by atoms with E-state index in [2.05, 4.69) is 234 Å². The molecule has 336 valence electrons. The van der Waals surface area contributed by atoms with Crippen LogP contribution in [0.3, 0.4) is 0 Å². The zero-order chi connectivity index (χ0) is 47.1. The second-order valence-corrected chi connectivity index (χ2v) is 23.8. The van der Waals surface area contributed by atoms with Crippen LogP contribution in [0.4, 0.5) is 17.1 Å². The summed E-state index contributed by atoms with van der Waals surface area (Å²) in [5.41, 5.74) is 18.3. The van der Waals surface area contributed by atoms with Gasteiger partial charge in [-0.15, -0.1) is 22.7 Å². The summed E-state index contributed by atoms with van der Waals surface area (Å²) in [4.78, 5) is 2.43. The molecule has 0 fully saturated rings. The van der Waals surface area contributed by atoms with E-state index in [9.17, 15) is 0 Å². The Morgan fingerprint density at radius 3 is 1.66 bits per heavy atom. The Morgan fingerprint density at radius 1 is 0.493 bits per heavy atom. The largest absolute Gasteiger partial charge is 0.310 e. The average molecular weight is 910 g/mol. The lowest BCUT2D eigenvalue weighted by atomic mass is 9.86. The Bertz CT molecular complexity index is 3520. The average Bonchev–Trinajstić information content (AvgIpc) is 3.80. The molecule has 0 aliphatic heterocycles. The molecule has 0 aliphatic carbocycles. The van der Waals surface area contributed by atoms with E-state index in [1.54, 1.807) is 0 Å². The fraction of sp³-hybridized carbons (Fsp3) is 0.250. The van der Waals surface area contributed by atoms with Crippen LogP contribution in [0.15, 0.2) is 140 Å². The van der Waals surface area contributed by atoms with Crippen molar-refractivity contribution >= 4 is 103 Å². The van der Waals surface area contributed by atoms with Gasteiger partial charge in [0.1, 0.15) is 0 Å². The first-order valence-electron chi connectivity index (χ1n) is 24.0. The fourth-order valence-electron chi connectivity index (χ4n) is 10.3. The van der Waals surface area contributed by atoms with E-state index in [1.807, 2.05) is 22.7 Å². The molecule has 0 unspecified atom stereocenters. The zero-order valence-electron chi connectivity index (χ0n) is 41.4. The highest BCUT2D eigenvalue weighted by atomic mass is 32.1. The van der Waals surface area contributed by atoms with Crippen molar-refractivity contribution in [3.63, 3.8) is 0 Å². The van der Waals surface area contributed by atoms with Crippen LogP contribution in [0, 0.1) is 27.7 Å². The molecule has 0 N–H and O–H groups in total. The summed E-state index contributed by atoms with van der Waals surface area (Å²) in [5, 5.41) is 8.07. The maximum absolute atomic E-state index is 2.50. The third-order valence-corrected chi connectivity index (χ3v) is 16.0. The molecule has 0 atom stereocenters. The van der Waals surface area contributed by atoms with Gasteiger partial charge in [-0.25, -0.2) is 0 Å². The first-order valence-corrected chi connectivity index (χ1v) is 25.7. The van der Waals surface area contributed by atoms with Gasteiger partial charge in [-0.1, -0.05) is 151 Å². The van der Waals surface area contributed by atoms with Crippen molar-refractivity contribution in [2.75, 3.05) is 4.90 Å². The van der Waals surface area contributed by atoms with Crippen LogP contribution >= 0.6 is 22.7 Å². The van der Waals surface area contributed by atoms with Crippen LogP contribution in [0.5, 0.6) is 0 Å². The third-order valence-electron chi connectivity index (χ3n) is 13.7. The van der Waals surface area contributed by atoms with E-state index in [4.69, 9.17) is 0 Å². The summed E-state index contributed by atoms with van der Waals surface area (Å²) >= 11 is 3.90. The van der Waals surface area contributed by atoms with Crippen LogP contribution in [-0.2, 0) is 17.3 Å². The van der Waals surface area contributed by atoms with Crippen molar-refractivity contribution in [1.29, 1.82) is 0 Å². The van der Waals surface area contributed by atoms with E-state index in [1.165, 1.54) is 129 Å². The Hall–Kier alpha value is -6.00. The highest BCUT2D eigenvalue weighted by molar-refractivity contribution is 7.26. The molecule has 67 heavy (non-hydrogen) atoms. The van der Waals surface area contributed by atoms with Gasteiger partial charge in [0.25, 0.3) is 0 Å². The van der Waals surface area contributed by atoms with Gasteiger partial charge in [0, 0.05) is 57.4 Å².